The van der Waals surface area contributed by atoms with Crippen molar-refractivity contribution in [1.82, 2.24) is 0 Å². The average Bonchev–Trinajstić information content (AvgIpc) is 2.79. The van der Waals surface area contributed by atoms with Crippen LogP contribution in [0.4, 0.5) is 0 Å². The van der Waals surface area contributed by atoms with Crippen LogP contribution in [-0.4, -0.2) is 24.8 Å². The summed E-state index contributed by atoms with van der Waals surface area (Å²) >= 11 is 0. The average molecular weight is 170 g/mol. The molecule has 0 aliphatic carbocycles. The van der Waals surface area contributed by atoms with Gasteiger partial charge in [-0.3, -0.25) is 0 Å². The van der Waals surface area contributed by atoms with Gasteiger partial charge in [-0.25, -0.2) is 4.79 Å². The highest BCUT2D eigenvalue weighted by Crippen LogP contribution is 2.26. The molecule has 12 heavy (non-hydrogen) atoms. The normalized spacial score (nSPS) is 26.5. The van der Waals surface area contributed by atoms with Crippen LogP contribution in [0.2, 0.25) is 0 Å². The number of carbonyl (C=O) groups excluding carboxylic acids is 1. The molecule has 1 fully saturated rings. The molecule has 0 amide bonds. The lowest BCUT2D eigenvalue weighted by Gasteiger charge is -2.07. The number of epoxide rings is 1. The molecule has 68 valence electrons. The highest BCUT2D eigenvalue weighted by molar-refractivity contribution is 5.87. The van der Waals surface area contributed by atoms with Crippen LogP contribution in [0.15, 0.2) is 12.2 Å². The first kappa shape index (κ1) is 9.26. The van der Waals surface area contributed by atoms with E-state index in [0.29, 0.717) is 25.2 Å². The van der Waals surface area contributed by atoms with Crippen LogP contribution in [0.3, 0.4) is 0 Å². The van der Waals surface area contributed by atoms with E-state index in [0.717, 1.165) is 0 Å². The molecule has 1 unspecified atom stereocenters. The summed E-state index contributed by atoms with van der Waals surface area (Å²) in [5, 5.41) is 0. The summed E-state index contributed by atoms with van der Waals surface area (Å²) in [6.07, 6.45) is 0.635. The number of carbonyl (C=O) groups is 1. The van der Waals surface area contributed by atoms with Crippen LogP contribution in [0.25, 0.3) is 0 Å². The molecule has 0 aromatic heterocycles. The fraction of sp³-hybridized carbons (Fsp3) is 0.667. The Labute approximate surface area is 72.4 Å². The van der Waals surface area contributed by atoms with Crippen molar-refractivity contribution in [3.63, 3.8) is 0 Å². The summed E-state index contributed by atoms with van der Waals surface area (Å²) in [7, 11) is 0. The zero-order valence-corrected chi connectivity index (χ0v) is 7.55. The van der Waals surface area contributed by atoms with E-state index in [1.165, 1.54) is 0 Å². The molecular weight excluding hydrogens is 156 g/mol. The SMILES string of the molecule is C=C(CC)C(=O)OCC1(C)CO1. The molecule has 1 aliphatic rings. The molecule has 1 rings (SSSR count). The van der Waals surface area contributed by atoms with Gasteiger partial charge in [0.25, 0.3) is 0 Å². The molecule has 1 heterocycles. The van der Waals surface area contributed by atoms with Crippen molar-refractivity contribution < 1.29 is 14.3 Å². The van der Waals surface area contributed by atoms with Crippen molar-refractivity contribution >= 4 is 5.97 Å². The van der Waals surface area contributed by atoms with Crippen LogP contribution in [0.5, 0.6) is 0 Å². The van der Waals surface area contributed by atoms with Gasteiger partial charge in [-0.15, -0.1) is 0 Å². The van der Waals surface area contributed by atoms with Gasteiger partial charge in [-0.1, -0.05) is 13.5 Å². The Hall–Kier alpha value is -0.830. The second-order valence-electron chi connectivity index (χ2n) is 3.27. The molecule has 1 aliphatic heterocycles. The monoisotopic (exact) mass is 170 g/mol. The van der Waals surface area contributed by atoms with Crippen molar-refractivity contribution in [2.45, 2.75) is 25.9 Å². The Morgan fingerprint density at radius 3 is 2.75 bits per heavy atom. The van der Waals surface area contributed by atoms with Crippen LogP contribution >= 0.6 is 0 Å². The molecular formula is C9H14O3. The third-order valence-corrected chi connectivity index (χ3v) is 1.86. The molecule has 1 atom stereocenters. The fourth-order valence-electron chi connectivity index (χ4n) is 0.671. The Balaban J connectivity index is 2.22. The largest absolute Gasteiger partial charge is 0.459 e. The number of hydrogen-bond donors (Lipinski definition) is 0. The summed E-state index contributed by atoms with van der Waals surface area (Å²) in [6, 6.07) is 0. The summed E-state index contributed by atoms with van der Waals surface area (Å²) in [4.78, 5) is 11.1. The molecule has 1 saturated heterocycles. The zero-order valence-electron chi connectivity index (χ0n) is 7.55. The smallest absolute Gasteiger partial charge is 0.333 e. The summed E-state index contributed by atoms with van der Waals surface area (Å²) < 4.78 is 10.0. The summed E-state index contributed by atoms with van der Waals surface area (Å²) in [5.74, 6) is -0.311. The lowest BCUT2D eigenvalue weighted by Crippen LogP contribution is -2.19. The van der Waals surface area contributed by atoms with Crippen molar-refractivity contribution in [2.75, 3.05) is 13.2 Å². The standard InChI is InChI=1S/C9H14O3/c1-4-7(2)8(10)11-5-9(3)6-12-9/h2,4-6H2,1,3H3. The number of hydrogen-bond acceptors (Lipinski definition) is 3. The first-order chi connectivity index (χ1) is 5.57. The molecule has 0 bridgehead atoms. The highest BCUT2D eigenvalue weighted by atomic mass is 16.6. The minimum Gasteiger partial charge on any atom is -0.459 e. The molecule has 0 N–H and O–H groups in total. The van der Waals surface area contributed by atoms with Gasteiger partial charge >= 0.3 is 5.97 Å². The molecule has 3 heteroatoms. The predicted molar refractivity (Wildman–Crippen MR) is 44.7 cm³/mol. The van der Waals surface area contributed by atoms with E-state index in [1.807, 2.05) is 13.8 Å². The van der Waals surface area contributed by atoms with Crippen LogP contribution in [-0.2, 0) is 14.3 Å². The second kappa shape index (κ2) is 3.27. The van der Waals surface area contributed by atoms with Crippen molar-refractivity contribution in [2.24, 2.45) is 0 Å². The maximum absolute atomic E-state index is 11.1. The van der Waals surface area contributed by atoms with Gasteiger partial charge in [0.15, 0.2) is 0 Å². The van der Waals surface area contributed by atoms with Gasteiger partial charge in [0.1, 0.15) is 12.2 Å². The van der Waals surface area contributed by atoms with Gasteiger partial charge in [0.2, 0.25) is 0 Å². The highest BCUT2D eigenvalue weighted by Gasteiger charge is 2.40. The van der Waals surface area contributed by atoms with Crippen LogP contribution < -0.4 is 0 Å². The van der Waals surface area contributed by atoms with Crippen LogP contribution in [0, 0.1) is 0 Å². The van der Waals surface area contributed by atoms with Gasteiger partial charge in [0.05, 0.1) is 6.61 Å². The van der Waals surface area contributed by atoms with Crippen LogP contribution in [0.1, 0.15) is 20.3 Å². The van der Waals surface area contributed by atoms with Gasteiger partial charge in [-0.05, 0) is 13.3 Å². The number of rotatable bonds is 4. The maximum atomic E-state index is 11.1. The van der Waals surface area contributed by atoms with E-state index >= 15 is 0 Å². The Morgan fingerprint density at radius 2 is 2.33 bits per heavy atom. The maximum Gasteiger partial charge on any atom is 0.333 e. The van der Waals surface area contributed by atoms with E-state index in [2.05, 4.69) is 6.58 Å². The minimum absolute atomic E-state index is 0.219. The lowest BCUT2D eigenvalue weighted by molar-refractivity contribution is -0.140. The predicted octanol–water partition coefficient (Wildman–Crippen LogP) is 1.28. The molecule has 0 radical (unpaired) electrons. The summed E-state index contributed by atoms with van der Waals surface area (Å²) in [6.45, 7) is 8.38. The quantitative estimate of drug-likeness (QED) is 0.362. The first-order valence-electron chi connectivity index (χ1n) is 4.06. The van der Waals surface area contributed by atoms with E-state index < -0.39 is 0 Å². The van der Waals surface area contributed by atoms with Crippen molar-refractivity contribution in [1.29, 1.82) is 0 Å². The molecule has 0 saturated carbocycles. The molecule has 0 aromatic rings. The van der Waals surface area contributed by atoms with E-state index in [9.17, 15) is 4.79 Å². The Morgan fingerprint density at radius 1 is 1.75 bits per heavy atom. The molecule has 0 aromatic carbocycles. The third-order valence-electron chi connectivity index (χ3n) is 1.86. The van der Waals surface area contributed by atoms with Crippen molar-refractivity contribution in [3.8, 4) is 0 Å². The molecule has 3 nitrogen and oxygen atoms in total. The molecule has 0 spiro atoms. The van der Waals surface area contributed by atoms with Crippen molar-refractivity contribution in [3.05, 3.63) is 12.2 Å². The topological polar surface area (TPSA) is 38.8 Å². The van der Waals surface area contributed by atoms with Gasteiger partial charge < -0.3 is 9.47 Å². The van der Waals surface area contributed by atoms with E-state index in [1.54, 1.807) is 0 Å². The Kier molecular flexibility index (Phi) is 2.52. The first-order valence-corrected chi connectivity index (χ1v) is 4.06. The minimum atomic E-state index is -0.311. The van der Waals surface area contributed by atoms with E-state index in [-0.39, 0.29) is 11.6 Å². The zero-order chi connectivity index (χ0) is 9.19. The Bertz CT molecular complexity index is 204. The summed E-state index contributed by atoms with van der Waals surface area (Å²) in [5.41, 5.74) is 0.295. The number of esters is 1. The fourth-order valence-corrected chi connectivity index (χ4v) is 0.671. The van der Waals surface area contributed by atoms with Gasteiger partial charge in [0, 0.05) is 5.57 Å². The third kappa shape index (κ3) is 2.34. The van der Waals surface area contributed by atoms with E-state index in [4.69, 9.17) is 9.47 Å². The van der Waals surface area contributed by atoms with Gasteiger partial charge in [-0.2, -0.15) is 0 Å². The lowest BCUT2D eigenvalue weighted by atomic mass is 10.2. The second-order valence-corrected chi connectivity index (χ2v) is 3.27. The number of ether oxygens (including phenoxy) is 2.